The van der Waals surface area contributed by atoms with E-state index in [1.165, 1.54) is 19.3 Å². The van der Waals surface area contributed by atoms with Gasteiger partial charge in [-0.05, 0) is 19.3 Å². The summed E-state index contributed by atoms with van der Waals surface area (Å²) in [5, 5.41) is 2.87. The van der Waals surface area contributed by atoms with Crippen molar-refractivity contribution in [2.75, 3.05) is 0 Å². The maximum Gasteiger partial charge on any atom is 0.220 e. The standard InChI is InChI=1S/C14H25NO2/c1-2-3-4-5-6-11-14(17)15-12-9-7-8-10-13(12)16/h12H,2-11H2,1H3,(H,15,17)/t12-/m1/s1. The van der Waals surface area contributed by atoms with E-state index in [9.17, 15) is 9.59 Å². The molecule has 0 bridgehead atoms. The average Bonchev–Trinajstić information content (AvgIpc) is 2.32. The number of hydrogen-bond acceptors (Lipinski definition) is 2. The Morgan fingerprint density at radius 1 is 1.24 bits per heavy atom. The molecule has 0 unspecified atom stereocenters. The summed E-state index contributed by atoms with van der Waals surface area (Å²) in [4.78, 5) is 23.2. The molecule has 3 heteroatoms. The summed E-state index contributed by atoms with van der Waals surface area (Å²) in [5.41, 5.74) is 0. The van der Waals surface area contributed by atoms with Crippen LogP contribution in [0.5, 0.6) is 0 Å². The Hall–Kier alpha value is -0.860. The van der Waals surface area contributed by atoms with Gasteiger partial charge in [0, 0.05) is 12.8 Å². The van der Waals surface area contributed by atoms with Crippen molar-refractivity contribution in [3.8, 4) is 0 Å². The molecular weight excluding hydrogens is 214 g/mol. The zero-order valence-electron chi connectivity index (χ0n) is 11.0. The fraction of sp³-hybridized carbons (Fsp3) is 0.857. The van der Waals surface area contributed by atoms with E-state index < -0.39 is 0 Å². The summed E-state index contributed by atoms with van der Waals surface area (Å²) in [5.74, 6) is 0.275. The van der Waals surface area contributed by atoms with Crippen molar-refractivity contribution in [2.45, 2.75) is 77.2 Å². The fourth-order valence-corrected chi connectivity index (χ4v) is 2.29. The molecule has 1 N–H and O–H groups in total. The number of nitrogens with one attached hydrogen (secondary N) is 1. The van der Waals surface area contributed by atoms with Crippen LogP contribution < -0.4 is 5.32 Å². The van der Waals surface area contributed by atoms with E-state index in [0.717, 1.165) is 32.1 Å². The number of unbranched alkanes of at least 4 members (excludes halogenated alkanes) is 4. The molecule has 1 saturated carbocycles. The summed E-state index contributed by atoms with van der Waals surface area (Å²) in [6, 6.07) is -0.188. The maximum absolute atomic E-state index is 11.6. The first-order valence-corrected chi connectivity index (χ1v) is 7.06. The van der Waals surface area contributed by atoms with Crippen LogP contribution in [-0.4, -0.2) is 17.7 Å². The number of Topliss-reactive ketones (excluding diaryl/α,β-unsaturated/α-hetero) is 1. The van der Waals surface area contributed by atoms with Gasteiger partial charge in [-0.25, -0.2) is 0 Å². The van der Waals surface area contributed by atoms with Gasteiger partial charge in [-0.15, -0.1) is 0 Å². The normalized spacial score (nSPS) is 20.3. The van der Waals surface area contributed by atoms with Crippen LogP contribution in [0.25, 0.3) is 0 Å². The van der Waals surface area contributed by atoms with Gasteiger partial charge in [0.15, 0.2) is 5.78 Å². The second-order valence-corrected chi connectivity index (χ2v) is 5.00. The van der Waals surface area contributed by atoms with Crippen molar-refractivity contribution in [2.24, 2.45) is 0 Å². The highest BCUT2D eigenvalue weighted by molar-refractivity contribution is 5.89. The highest BCUT2D eigenvalue weighted by Gasteiger charge is 2.23. The third-order valence-electron chi connectivity index (χ3n) is 3.40. The molecule has 0 aromatic carbocycles. The lowest BCUT2D eigenvalue weighted by molar-refractivity contribution is -0.129. The Kier molecular flexibility index (Phi) is 6.90. The van der Waals surface area contributed by atoms with E-state index >= 15 is 0 Å². The quantitative estimate of drug-likeness (QED) is 0.694. The molecule has 17 heavy (non-hydrogen) atoms. The van der Waals surface area contributed by atoms with Crippen LogP contribution in [0.3, 0.4) is 0 Å². The molecule has 0 aromatic rings. The van der Waals surface area contributed by atoms with E-state index in [-0.39, 0.29) is 17.7 Å². The van der Waals surface area contributed by atoms with Gasteiger partial charge < -0.3 is 5.32 Å². The van der Waals surface area contributed by atoms with Crippen LogP contribution in [0.15, 0.2) is 0 Å². The van der Waals surface area contributed by atoms with Crippen molar-refractivity contribution in [3.05, 3.63) is 0 Å². The molecular formula is C14H25NO2. The average molecular weight is 239 g/mol. The fourth-order valence-electron chi connectivity index (χ4n) is 2.29. The van der Waals surface area contributed by atoms with Gasteiger partial charge in [-0.3, -0.25) is 9.59 Å². The van der Waals surface area contributed by atoms with Crippen molar-refractivity contribution in [1.82, 2.24) is 5.32 Å². The highest BCUT2D eigenvalue weighted by Crippen LogP contribution is 2.14. The predicted molar refractivity (Wildman–Crippen MR) is 68.8 cm³/mol. The third-order valence-corrected chi connectivity index (χ3v) is 3.40. The number of carbonyl (C=O) groups excluding carboxylic acids is 2. The Bertz CT molecular complexity index is 251. The predicted octanol–water partition coefficient (Wildman–Crippen LogP) is 2.97. The third kappa shape index (κ3) is 5.85. The number of rotatable bonds is 7. The molecule has 1 rings (SSSR count). The summed E-state index contributed by atoms with van der Waals surface area (Å²) in [7, 11) is 0. The van der Waals surface area contributed by atoms with Crippen molar-refractivity contribution in [3.63, 3.8) is 0 Å². The van der Waals surface area contributed by atoms with Crippen LogP contribution in [0.4, 0.5) is 0 Å². The molecule has 0 saturated heterocycles. The number of hydrogen-bond donors (Lipinski definition) is 1. The Morgan fingerprint density at radius 2 is 2.00 bits per heavy atom. The molecule has 0 aliphatic heterocycles. The van der Waals surface area contributed by atoms with Crippen LogP contribution in [0, 0.1) is 0 Å². The molecule has 1 aliphatic carbocycles. The van der Waals surface area contributed by atoms with Gasteiger partial charge in [-0.1, -0.05) is 39.0 Å². The smallest absolute Gasteiger partial charge is 0.220 e. The second kappa shape index (κ2) is 8.26. The zero-order chi connectivity index (χ0) is 12.5. The van der Waals surface area contributed by atoms with Crippen LogP contribution in [0.1, 0.15) is 71.1 Å². The SMILES string of the molecule is CCCCCCCC(=O)N[C@@H]1CCCCC1=O. The van der Waals surface area contributed by atoms with Crippen molar-refractivity contribution in [1.29, 1.82) is 0 Å². The molecule has 1 aliphatic rings. The molecule has 0 spiro atoms. The Morgan fingerprint density at radius 3 is 2.71 bits per heavy atom. The second-order valence-electron chi connectivity index (χ2n) is 5.00. The summed E-state index contributed by atoms with van der Waals surface area (Å²) >= 11 is 0. The minimum Gasteiger partial charge on any atom is -0.346 e. The summed E-state index contributed by atoms with van der Waals surface area (Å²) in [6.07, 6.45) is 9.87. The molecule has 1 amide bonds. The lowest BCUT2D eigenvalue weighted by Crippen LogP contribution is -2.42. The van der Waals surface area contributed by atoms with Crippen LogP contribution in [-0.2, 0) is 9.59 Å². The molecule has 1 atom stereocenters. The first-order valence-electron chi connectivity index (χ1n) is 7.06. The van der Waals surface area contributed by atoms with Gasteiger partial charge >= 0.3 is 0 Å². The van der Waals surface area contributed by atoms with Gasteiger partial charge in [0.1, 0.15) is 0 Å². The first-order chi connectivity index (χ1) is 8.24. The molecule has 98 valence electrons. The van der Waals surface area contributed by atoms with Gasteiger partial charge in [0.2, 0.25) is 5.91 Å². The van der Waals surface area contributed by atoms with E-state index in [4.69, 9.17) is 0 Å². The van der Waals surface area contributed by atoms with E-state index in [1.807, 2.05) is 0 Å². The minimum atomic E-state index is -0.188. The largest absolute Gasteiger partial charge is 0.346 e. The first kappa shape index (κ1) is 14.2. The van der Waals surface area contributed by atoms with Crippen molar-refractivity contribution >= 4 is 11.7 Å². The lowest BCUT2D eigenvalue weighted by atomic mass is 9.94. The van der Waals surface area contributed by atoms with E-state index in [0.29, 0.717) is 12.8 Å². The number of ketones is 1. The highest BCUT2D eigenvalue weighted by atomic mass is 16.2. The molecule has 0 heterocycles. The summed E-state index contributed by atoms with van der Waals surface area (Å²) in [6.45, 7) is 2.18. The summed E-state index contributed by atoms with van der Waals surface area (Å²) < 4.78 is 0. The maximum atomic E-state index is 11.6. The van der Waals surface area contributed by atoms with Crippen LogP contribution >= 0.6 is 0 Å². The van der Waals surface area contributed by atoms with Gasteiger partial charge in [-0.2, -0.15) is 0 Å². The van der Waals surface area contributed by atoms with Gasteiger partial charge in [0.25, 0.3) is 0 Å². The Balaban J connectivity index is 2.09. The topological polar surface area (TPSA) is 46.2 Å². The monoisotopic (exact) mass is 239 g/mol. The molecule has 1 fully saturated rings. The molecule has 3 nitrogen and oxygen atoms in total. The van der Waals surface area contributed by atoms with Crippen molar-refractivity contribution < 1.29 is 9.59 Å². The molecule has 0 aromatic heterocycles. The minimum absolute atomic E-state index is 0.0572. The van der Waals surface area contributed by atoms with Gasteiger partial charge in [0.05, 0.1) is 6.04 Å². The van der Waals surface area contributed by atoms with E-state index in [2.05, 4.69) is 12.2 Å². The number of carbonyl (C=O) groups is 2. The Labute approximate surface area is 104 Å². The van der Waals surface area contributed by atoms with E-state index in [1.54, 1.807) is 0 Å². The zero-order valence-corrected chi connectivity index (χ0v) is 11.0. The number of amides is 1. The lowest BCUT2D eigenvalue weighted by Gasteiger charge is -2.21. The molecule has 0 radical (unpaired) electrons. The van der Waals surface area contributed by atoms with Crippen LogP contribution in [0.2, 0.25) is 0 Å².